The van der Waals surface area contributed by atoms with Crippen molar-refractivity contribution in [1.82, 2.24) is 10.2 Å². The number of thioether (sulfide) groups is 1. The number of hydrogen-bond acceptors (Lipinski definition) is 15. The van der Waals surface area contributed by atoms with Gasteiger partial charge in [-0.05, 0) is 53.0 Å². The number of nitrogens with zero attached hydrogens (tertiary/aromatic N) is 2. The van der Waals surface area contributed by atoms with Crippen LogP contribution >= 0.6 is 27.7 Å². The van der Waals surface area contributed by atoms with Gasteiger partial charge < -0.3 is 37.3 Å². The predicted molar refractivity (Wildman–Crippen MR) is 188 cm³/mol. The molecule has 17 heteroatoms. The van der Waals surface area contributed by atoms with E-state index in [9.17, 15) is 13.2 Å². The molecule has 0 atom stereocenters. The van der Waals surface area contributed by atoms with Crippen LogP contribution < -0.4 is 33.8 Å². The highest BCUT2D eigenvalue weighted by Gasteiger charge is 2.25. The first kappa shape index (κ1) is 36.8. The van der Waals surface area contributed by atoms with E-state index in [2.05, 4.69) is 30.3 Å². The lowest BCUT2D eigenvalue weighted by molar-refractivity contribution is 0.301. The monoisotopic (exact) mass is 792 g/mol. The molecule has 0 saturated heterocycles. The van der Waals surface area contributed by atoms with Crippen LogP contribution in [0.15, 0.2) is 70.7 Å². The number of benzene rings is 3. The molecule has 0 saturated carbocycles. The number of halogens is 1. The third-order valence-corrected chi connectivity index (χ3v) is 10.7. The summed E-state index contributed by atoms with van der Waals surface area (Å²) in [6.07, 6.45) is 1.22. The molecule has 0 aliphatic rings. The number of rotatable bonds is 16. The van der Waals surface area contributed by atoms with E-state index in [1.807, 2.05) is 0 Å². The van der Waals surface area contributed by atoms with E-state index in [0.29, 0.717) is 57.9 Å². The number of methoxy groups -OCH3 is 5. The van der Waals surface area contributed by atoms with E-state index in [1.54, 1.807) is 36.4 Å². The van der Waals surface area contributed by atoms with Crippen molar-refractivity contribution < 1.29 is 49.9 Å². The Kier molecular flexibility index (Phi) is 11.8. The molecule has 0 unspecified atom stereocenters. The molecule has 0 aliphatic carbocycles. The van der Waals surface area contributed by atoms with Gasteiger partial charge in [0.2, 0.25) is 22.8 Å². The summed E-state index contributed by atoms with van der Waals surface area (Å²) in [5, 5.41) is 8.64. The Morgan fingerprint density at radius 3 is 2.18 bits per heavy atom. The lowest BCUT2D eigenvalue weighted by Gasteiger charge is -2.17. The van der Waals surface area contributed by atoms with E-state index < -0.39 is 15.5 Å². The van der Waals surface area contributed by atoms with Gasteiger partial charge in [-0.2, -0.15) is 8.42 Å². The summed E-state index contributed by atoms with van der Waals surface area (Å²) < 4.78 is 75.0. The third kappa shape index (κ3) is 7.50. The van der Waals surface area contributed by atoms with Crippen molar-refractivity contribution in [2.45, 2.75) is 23.0 Å². The third-order valence-electron chi connectivity index (χ3n) is 7.37. The second kappa shape index (κ2) is 16.1. The molecule has 50 heavy (non-hydrogen) atoms. The Bertz CT molecular complexity index is 2140. The SMILES string of the molecule is COc1cc(OC)c2c(=O)c(OCCCCSc3nnc(-c4cccc(S(=O)(=O)OC)c4Br)o3)c(-c3cc(OC)c(OC)c(OC)c3)oc2c1. The molecule has 0 amide bonds. The van der Waals surface area contributed by atoms with Crippen LogP contribution in [0.2, 0.25) is 0 Å². The Balaban J connectivity index is 1.35. The van der Waals surface area contributed by atoms with E-state index in [1.165, 1.54) is 53.4 Å². The summed E-state index contributed by atoms with van der Waals surface area (Å²) in [5.74, 6) is 2.66. The zero-order valence-corrected chi connectivity index (χ0v) is 31.1. The van der Waals surface area contributed by atoms with Gasteiger partial charge in [0.05, 0.1) is 59.3 Å². The predicted octanol–water partition coefficient (Wildman–Crippen LogP) is 6.60. The van der Waals surface area contributed by atoms with E-state index >= 15 is 0 Å². The highest BCUT2D eigenvalue weighted by atomic mass is 79.9. The zero-order valence-electron chi connectivity index (χ0n) is 27.9. The summed E-state index contributed by atoms with van der Waals surface area (Å²) in [5.41, 5.74) is 0.658. The molecule has 0 bridgehead atoms. The normalized spacial score (nSPS) is 11.4. The van der Waals surface area contributed by atoms with Gasteiger partial charge in [0, 0.05) is 23.4 Å². The van der Waals surface area contributed by atoms with E-state index in [-0.39, 0.29) is 50.1 Å². The quantitative estimate of drug-likeness (QED) is 0.0595. The van der Waals surface area contributed by atoms with Gasteiger partial charge in [-0.25, -0.2) is 0 Å². The van der Waals surface area contributed by atoms with Gasteiger partial charge in [0.25, 0.3) is 15.3 Å². The highest BCUT2D eigenvalue weighted by molar-refractivity contribution is 9.10. The zero-order chi connectivity index (χ0) is 36.0. The van der Waals surface area contributed by atoms with E-state index in [0.717, 1.165) is 7.11 Å². The molecular weight excluding hydrogens is 760 g/mol. The van der Waals surface area contributed by atoms with Crippen LogP contribution in [0.25, 0.3) is 33.7 Å². The molecule has 0 radical (unpaired) electrons. The van der Waals surface area contributed by atoms with Gasteiger partial charge >= 0.3 is 0 Å². The Morgan fingerprint density at radius 1 is 0.820 bits per heavy atom. The molecular formula is C33H33BrN2O12S2. The van der Waals surface area contributed by atoms with Crippen LogP contribution in [-0.4, -0.2) is 73.6 Å². The first-order chi connectivity index (χ1) is 24.1. The standard InChI is InChI=1S/C33H33BrN2O12S2/c1-40-19-16-21(41-2)26-22(17-19)47-29(18-14-23(42-3)30(44-5)24(15-18)43-4)31(28(26)37)46-12-7-8-13-49-33-36-35-32(48-33)20-10-9-11-25(27(20)34)50(38,39)45-6/h9-11,14-17H,7-8,12-13H2,1-6H3. The Labute approximate surface area is 300 Å². The van der Waals surface area contributed by atoms with Crippen molar-refractivity contribution in [2.24, 2.45) is 0 Å². The summed E-state index contributed by atoms with van der Waals surface area (Å²) in [7, 11) is 4.56. The van der Waals surface area contributed by atoms with Crippen LogP contribution in [0.1, 0.15) is 12.8 Å². The fraction of sp³-hybridized carbons (Fsp3) is 0.303. The highest BCUT2D eigenvalue weighted by Crippen LogP contribution is 2.44. The summed E-state index contributed by atoms with van der Waals surface area (Å²) >= 11 is 4.64. The summed E-state index contributed by atoms with van der Waals surface area (Å²) in [6, 6.07) is 11.1. The van der Waals surface area contributed by atoms with Crippen LogP contribution in [0, 0.1) is 0 Å². The van der Waals surface area contributed by atoms with Crippen molar-refractivity contribution in [3.8, 4) is 57.3 Å². The minimum absolute atomic E-state index is 0.0206. The van der Waals surface area contributed by atoms with Gasteiger partial charge in [-0.3, -0.25) is 8.98 Å². The molecule has 0 spiro atoms. The number of aromatic nitrogens is 2. The first-order valence-electron chi connectivity index (χ1n) is 14.8. The van der Waals surface area contributed by atoms with E-state index in [4.69, 9.17) is 37.3 Å². The number of ether oxygens (including phenoxy) is 6. The van der Waals surface area contributed by atoms with Crippen molar-refractivity contribution in [1.29, 1.82) is 0 Å². The van der Waals surface area contributed by atoms with Crippen molar-refractivity contribution in [2.75, 3.05) is 55.0 Å². The van der Waals surface area contributed by atoms with Crippen LogP contribution in [-0.2, 0) is 14.3 Å². The topological polar surface area (TPSA) is 168 Å². The molecule has 2 aromatic heterocycles. The Morgan fingerprint density at radius 2 is 1.54 bits per heavy atom. The van der Waals surface area contributed by atoms with Gasteiger partial charge in [-0.15, -0.1) is 10.2 Å². The summed E-state index contributed by atoms with van der Waals surface area (Å²) in [4.78, 5) is 13.9. The average Bonchev–Trinajstić information content (AvgIpc) is 3.60. The fourth-order valence-corrected chi connectivity index (χ4v) is 7.47. The molecule has 14 nitrogen and oxygen atoms in total. The van der Waals surface area contributed by atoms with Crippen molar-refractivity contribution in [3.05, 3.63) is 57.2 Å². The maximum absolute atomic E-state index is 14.0. The second-order valence-corrected chi connectivity index (χ2v) is 13.7. The fourth-order valence-electron chi connectivity index (χ4n) is 4.93. The molecule has 0 aliphatic heterocycles. The van der Waals surface area contributed by atoms with Gasteiger partial charge in [0.1, 0.15) is 27.4 Å². The average molecular weight is 794 g/mol. The number of fused-ring (bicyclic) bond motifs is 1. The van der Waals surface area contributed by atoms with Gasteiger partial charge in [-0.1, -0.05) is 17.8 Å². The first-order valence-corrected chi connectivity index (χ1v) is 18.0. The Hall–Kier alpha value is -4.45. The van der Waals surface area contributed by atoms with Crippen molar-refractivity contribution >= 4 is 48.8 Å². The lowest BCUT2D eigenvalue weighted by Crippen LogP contribution is -2.12. The molecule has 5 rings (SSSR count). The van der Waals surface area contributed by atoms with Crippen molar-refractivity contribution in [3.63, 3.8) is 0 Å². The molecule has 3 aromatic carbocycles. The minimum Gasteiger partial charge on any atom is -0.496 e. The molecule has 266 valence electrons. The van der Waals surface area contributed by atoms with Crippen LogP contribution in [0.5, 0.6) is 34.5 Å². The molecule has 0 N–H and O–H groups in total. The largest absolute Gasteiger partial charge is 0.496 e. The molecule has 2 heterocycles. The maximum atomic E-state index is 14.0. The van der Waals surface area contributed by atoms with Gasteiger partial charge in [0.15, 0.2) is 17.3 Å². The lowest BCUT2D eigenvalue weighted by atomic mass is 10.1. The van der Waals surface area contributed by atoms with Crippen LogP contribution in [0.3, 0.4) is 0 Å². The minimum atomic E-state index is -3.95. The number of hydrogen-bond donors (Lipinski definition) is 0. The molecule has 0 fully saturated rings. The second-order valence-electron chi connectivity index (χ2n) is 10.2. The molecule has 5 aromatic rings. The van der Waals surface area contributed by atoms with Crippen LogP contribution in [0.4, 0.5) is 0 Å². The maximum Gasteiger partial charge on any atom is 0.297 e. The summed E-state index contributed by atoms with van der Waals surface area (Å²) in [6.45, 7) is 0.176. The smallest absolute Gasteiger partial charge is 0.297 e. The number of unbranched alkanes of at least 4 members (excludes halogenated alkanes) is 1.